The molecule has 1 N–H and O–H groups in total. The van der Waals surface area contributed by atoms with Gasteiger partial charge in [-0.25, -0.2) is 0 Å². The van der Waals surface area contributed by atoms with Crippen LogP contribution in [0.25, 0.3) is 0 Å². The number of ketones is 2. The lowest BCUT2D eigenvalue weighted by molar-refractivity contribution is -0.114. The van der Waals surface area contributed by atoms with E-state index < -0.39 is 0 Å². The number of nitrogens with one attached hydrogen (secondary N) is 1. The van der Waals surface area contributed by atoms with E-state index in [1.54, 1.807) is 12.1 Å². The number of benzene rings is 2. The highest BCUT2D eigenvalue weighted by atomic mass is 35.5. The molecule has 0 saturated heterocycles. The predicted octanol–water partition coefficient (Wildman–Crippen LogP) is 5.71. The minimum Gasteiger partial charge on any atom is -0.494 e. The third-order valence-corrected chi connectivity index (χ3v) is 4.17. The lowest BCUT2D eigenvalue weighted by atomic mass is 10.1. The molecule has 0 aliphatic carbocycles. The van der Waals surface area contributed by atoms with Crippen molar-refractivity contribution >= 4 is 58.0 Å². The summed E-state index contributed by atoms with van der Waals surface area (Å²) < 4.78 is 4.94. The van der Waals surface area contributed by atoms with Crippen LogP contribution < -0.4 is 10.1 Å². The fourth-order valence-electron chi connectivity index (χ4n) is 1.98. The standard InChI is InChI=1S/C10H10ClNO2.C9H8Cl2O2/c1-6(13)8-3-4-10(9(11)5-8)12-7(2)14;1-5(12)6-3-7(10)9(13-2)8(11)4-6/h3-5H,1-2H3,(H,12,14);3-4H,1-2H3. The average Bonchev–Trinajstić information content (AvgIpc) is 2.56. The molecular weight excluding hydrogens is 413 g/mol. The van der Waals surface area contributed by atoms with Gasteiger partial charge in [-0.1, -0.05) is 34.8 Å². The van der Waals surface area contributed by atoms with Gasteiger partial charge in [0.15, 0.2) is 17.3 Å². The minimum atomic E-state index is -0.192. The molecule has 0 bridgehead atoms. The summed E-state index contributed by atoms with van der Waals surface area (Å²) >= 11 is 17.5. The van der Waals surface area contributed by atoms with Gasteiger partial charge in [0.2, 0.25) is 5.91 Å². The number of rotatable bonds is 4. The second-order valence-corrected chi connectivity index (χ2v) is 6.68. The number of hydrogen-bond acceptors (Lipinski definition) is 4. The predicted molar refractivity (Wildman–Crippen MR) is 109 cm³/mol. The second kappa shape index (κ2) is 10.3. The molecule has 8 heteroatoms. The van der Waals surface area contributed by atoms with E-state index in [2.05, 4.69) is 5.32 Å². The first-order valence-electron chi connectivity index (χ1n) is 7.68. The second-order valence-electron chi connectivity index (χ2n) is 5.46. The lowest BCUT2D eigenvalue weighted by Crippen LogP contribution is -2.06. The first kappa shape index (κ1) is 23.0. The molecule has 0 fully saturated rings. The van der Waals surface area contributed by atoms with Crippen LogP contribution in [0, 0.1) is 0 Å². The number of ether oxygens (including phenoxy) is 1. The van der Waals surface area contributed by atoms with E-state index >= 15 is 0 Å². The van der Waals surface area contributed by atoms with E-state index in [4.69, 9.17) is 39.5 Å². The van der Waals surface area contributed by atoms with Crippen molar-refractivity contribution in [1.29, 1.82) is 0 Å². The molecular formula is C19H18Cl3NO4. The van der Waals surface area contributed by atoms with Gasteiger partial charge in [0.25, 0.3) is 0 Å². The highest BCUT2D eigenvalue weighted by Crippen LogP contribution is 2.33. The lowest BCUT2D eigenvalue weighted by Gasteiger charge is -2.06. The molecule has 0 atom stereocenters. The van der Waals surface area contributed by atoms with Crippen LogP contribution in [-0.2, 0) is 4.79 Å². The van der Waals surface area contributed by atoms with E-state index in [0.717, 1.165) is 0 Å². The average molecular weight is 431 g/mol. The van der Waals surface area contributed by atoms with Crippen molar-refractivity contribution < 1.29 is 19.1 Å². The molecule has 0 heterocycles. The van der Waals surface area contributed by atoms with Gasteiger partial charge in [-0.2, -0.15) is 0 Å². The Morgan fingerprint density at radius 2 is 1.30 bits per heavy atom. The number of carbonyl (C=O) groups is 3. The van der Waals surface area contributed by atoms with Crippen molar-refractivity contribution in [2.24, 2.45) is 0 Å². The maximum atomic E-state index is 11.0. The zero-order valence-corrected chi connectivity index (χ0v) is 17.4. The molecule has 0 radical (unpaired) electrons. The molecule has 1 amide bonds. The molecule has 0 aromatic heterocycles. The highest BCUT2D eigenvalue weighted by Gasteiger charge is 2.10. The summed E-state index contributed by atoms with van der Waals surface area (Å²) in [4.78, 5) is 32.7. The van der Waals surface area contributed by atoms with Crippen LogP contribution in [0.5, 0.6) is 5.75 Å². The van der Waals surface area contributed by atoms with Crippen molar-refractivity contribution in [2.75, 3.05) is 12.4 Å². The highest BCUT2D eigenvalue weighted by molar-refractivity contribution is 6.37. The van der Waals surface area contributed by atoms with Crippen molar-refractivity contribution in [3.8, 4) is 5.75 Å². The first-order valence-corrected chi connectivity index (χ1v) is 8.82. The van der Waals surface area contributed by atoms with Gasteiger partial charge in [0, 0.05) is 18.1 Å². The molecule has 144 valence electrons. The van der Waals surface area contributed by atoms with Crippen LogP contribution in [0.1, 0.15) is 41.5 Å². The summed E-state index contributed by atoms with van der Waals surface area (Å²) in [6.45, 7) is 4.31. The molecule has 0 saturated carbocycles. The fourth-order valence-corrected chi connectivity index (χ4v) is 2.85. The molecule has 5 nitrogen and oxygen atoms in total. The maximum Gasteiger partial charge on any atom is 0.221 e. The van der Waals surface area contributed by atoms with E-state index in [-0.39, 0.29) is 17.5 Å². The van der Waals surface area contributed by atoms with Crippen LogP contribution in [0.3, 0.4) is 0 Å². The van der Waals surface area contributed by atoms with Crippen molar-refractivity contribution in [1.82, 2.24) is 0 Å². The first-order chi connectivity index (χ1) is 12.6. The van der Waals surface area contributed by atoms with Gasteiger partial charge in [-0.15, -0.1) is 0 Å². The molecule has 2 aromatic rings. The van der Waals surface area contributed by atoms with Crippen molar-refractivity contribution in [2.45, 2.75) is 20.8 Å². The zero-order chi connectivity index (χ0) is 20.7. The fraction of sp³-hybridized carbons (Fsp3) is 0.211. The summed E-state index contributed by atoms with van der Waals surface area (Å²) in [6, 6.07) is 7.85. The summed E-state index contributed by atoms with van der Waals surface area (Å²) in [5.41, 5.74) is 1.53. The van der Waals surface area contributed by atoms with Crippen LogP contribution in [0.15, 0.2) is 30.3 Å². The number of methoxy groups -OCH3 is 1. The van der Waals surface area contributed by atoms with Crippen molar-refractivity contribution in [3.05, 3.63) is 56.5 Å². The van der Waals surface area contributed by atoms with Crippen LogP contribution in [0.4, 0.5) is 5.69 Å². The summed E-state index contributed by atoms with van der Waals surface area (Å²) in [7, 11) is 1.47. The number of carbonyl (C=O) groups excluding carboxylic acids is 3. The molecule has 0 aliphatic heterocycles. The number of Topliss-reactive ketones (excluding diaryl/α,β-unsaturated/α-hetero) is 2. The Hall–Kier alpha value is -2.08. The van der Waals surface area contributed by atoms with Gasteiger partial charge in [-0.05, 0) is 44.2 Å². The Bertz CT molecular complexity index is 858. The van der Waals surface area contributed by atoms with Crippen LogP contribution in [0.2, 0.25) is 15.1 Å². The van der Waals surface area contributed by atoms with Crippen LogP contribution >= 0.6 is 34.8 Å². The van der Waals surface area contributed by atoms with E-state index in [1.165, 1.54) is 46.1 Å². The topological polar surface area (TPSA) is 72.5 Å². The van der Waals surface area contributed by atoms with Gasteiger partial charge in [-0.3, -0.25) is 14.4 Å². The number of halogens is 3. The van der Waals surface area contributed by atoms with E-state index in [1.807, 2.05) is 0 Å². The van der Waals surface area contributed by atoms with Gasteiger partial charge >= 0.3 is 0 Å². The largest absolute Gasteiger partial charge is 0.494 e. The Balaban J connectivity index is 0.000000271. The quantitative estimate of drug-likeness (QED) is 0.631. The molecule has 27 heavy (non-hydrogen) atoms. The third-order valence-electron chi connectivity index (χ3n) is 3.30. The summed E-state index contributed by atoms with van der Waals surface area (Å²) in [5.74, 6) is 0.0727. The normalized spacial score (nSPS) is 9.74. The van der Waals surface area contributed by atoms with E-state index in [0.29, 0.717) is 37.6 Å². The number of hydrogen-bond donors (Lipinski definition) is 1. The van der Waals surface area contributed by atoms with Gasteiger partial charge < -0.3 is 10.1 Å². The smallest absolute Gasteiger partial charge is 0.221 e. The zero-order valence-electron chi connectivity index (χ0n) is 15.2. The van der Waals surface area contributed by atoms with Crippen LogP contribution in [-0.4, -0.2) is 24.6 Å². The van der Waals surface area contributed by atoms with Gasteiger partial charge in [0.1, 0.15) is 0 Å². The summed E-state index contributed by atoms with van der Waals surface area (Å²) in [5, 5.41) is 3.62. The summed E-state index contributed by atoms with van der Waals surface area (Å²) in [6.07, 6.45) is 0. The maximum absolute atomic E-state index is 11.0. The third kappa shape index (κ3) is 6.86. The molecule has 0 aliphatic rings. The molecule has 2 aromatic carbocycles. The molecule has 2 rings (SSSR count). The van der Waals surface area contributed by atoms with Gasteiger partial charge in [0.05, 0.1) is 27.9 Å². The minimum absolute atomic E-state index is 0.0544. The Morgan fingerprint density at radius 3 is 1.67 bits per heavy atom. The number of amides is 1. The SMILES string of the molecule is CC(=O)Nc1ccc(C(C)=O)cc1Cl.COc1c(Cl)cc(C(C)=O)cc1Cl. The Kier molecular flexibility index (Phi) is 8.76. The molecule has 0 unspecified atom stereocenters. The van der Waals surface area contributed by atoms with Crippen molar-refractivity contribution in [3.63, 3.8) is 0 Å². The van der Waals surface area contributed by atoms with E-state index in [9.17, 15) is 14.4 Å². The monoisotopic (exact) mass is 429 g/mol. The Labute approximate surface area is 172 Å². The Morgan fingerprint density at radius 1 is 0.815 bits per heavy atom. The number of anilines is 1. The molecule has 0 spiro atoms.